The van der Waals surface area contributed by atoms with Crippen LogP contribution in [0.5, 0.6) is 0 Å². The predicted octanol–water partition coefficient (Wildman–Crippen LogP) is 2.18. The molecule has 0 unspecified atom stereocenters. The van der Waals surface area contributed by atoms with Crippen molar-refractivity contribution in [2.24, 2.45) is 12.5 Å². The number of nitrogens with one attached hydrogen (secondary N) is 1. The Hall–Kier alpha value is -1.03. The average molecular weight is 270 g/mol. The van der Waals surface area contributed by atoms with Crippen molar-refractivity contribution < 1.29 is 4.79 Å². The maximum Gasteiger partial charge on any atom is 0.255 e. The summed E-state index contributed by atoms with van der Waals surface area (Å²) in [4.78, 5) is 12.2. The van der Waals surface area contributed by atoms with Crippen LogP contribution in [0.3, 0.4) is 0 Å². The van der Waals surface area contributed by atoms with Crippen LogP contribution in [0.2, 0.25) is 0 Å². The third kappa shape index (κ3) is 2.53. The van der Waals surface area contributed by atoms with Gasteiger partial charge >= 0.3 is 0 Å². The van der Waals surface area contributed by atoms with Gasteiger partial charge in [0.05, 0.1) is 11.3 Å². The molecule has 2 rings (SSSR count). The number of hydrogen-bond donors (Lipinski definition) is 1. The Kier molecular flexibility index (Phi) is 3.66. The summed E-state index contributed by atoms with van der Waals surface area (Å²) >= 11 is 5.79. The normalized spacial score (nSPS) is 16.7. The maximum atomic E-state index is 12.2. The minimum absolute atomic E-state index is 0.0149. The Morgan fingerprint density at radius 3 is 2.61 bits per heavy atom. The molecular weight excluding hydrogens is 250 g/mol. The van der Waals surface area contributed by atoms with Gasteiger partial charge in [0.25, 0.3) is 5.91 Å². The Morgan fingerprint density at radius 2 is 2.17 bits per heavy atom. The summed E-state index contributed by atoms with van der Waals surface area (Å²) in [5, 5.41) is 7.29. The highest BCUT2D eigenvalue weighted by Gasteiger charge is 2.42. The lowest BCUT2D eigenvalue weighted by Crippen LogP contribution is -2.31. The molecular formula is C13H20ClN3O. The second kappa shape index (κ2) is 4.92. The molecule has 1 N–H and O–H groups in total. The molecule has 1 saturated carbocycles. The number of aromatic nitrogens is 2. The van der Waals surface area contributed by atoms with E-state index in [2.05, 4.69) is 10.4 Å². The molecule has 1 aliphatic rings. The third-order valence-corrected chi connectivity index (χ3v) is 4.13. The van der Waals surface area contributed by atoms with Crippen LogP contribution in [-0.2, 0) is 7.05 Å². The molecule has 0 spiro atoms. The molecule has 1 aliphatic carbocycles. The number of aryl methyl sites for hydroxylation is 2. The predicted molar refractivity (Wildman–Crippen MR) is 72.0 cm³/mol. The largest absolute Gasteiger partial charge is 0.351 e. The van der Waals surface area contributed by atoms with E-state index in [4.69, 9.17) is 11.6 Å². The van der Waals surface area contributed by atoms with E-state index < -0.39 is 0 Å². The lowest BCUT2D eigenvalue weighted by atomic mass is 10.0. The first-order valence-corrected chi connectivity index (χ1v) is 6.87. The second-order valence-electron chi connectivity index (χ2n) is 5.29. The van der Waals surface area contributed by atoms with Crippen molar-refractivity contribution in [3.8, 4) is 0 Å². The van der Waals surface area contributed by atoms with Gasteiger partial charge in [-0.05, 0) is 38.5 Å². The van der Waals surface area contributed by atoms with Crippen LogP contribution in [0, 0.1) is 19.3 Å². The van der Waals surface area contributed by atoms with Crippen LogP contribution in [0.4, 0.5) is 0 Å². The van der Waals surface area contributed by atoms with E-state index in [0.717, 1.165) is 24.4 Å². The van der Waals surface area contributed by atoms with Crippen LogP contribution >= 0.6 is 11.6 Å². The highest BCUT2D eigenvalue weighted by molar-refractivity contribution is 6.17. The van der Waals surface area contributed by atoms with E-state index in [-0.39, 0.29) is 11.3 Å². The second-order valence-corrected chi connectivity index (χ2v) is 5.67. The molecule has 0 saturated heterocycles. The molecule has 0 radical (unpaired) electrons. The lowest BCUT2D eigenvalue weighted by Gasteiger charge is -2.14. The van der Waals surface area contributed by atoms with Gasteiger partial charge in [-0.15, -0.1) is 11.6 Å². The van der Waals surface area contributed by atoms with Gasteiger partial charge in [-0.3, -0.25) is 9.48 Å². The van der Waals surface area contributed by atoms with E-state index in [1.807, 2.05) is 20.9 Å². The number of carbonyl (C=O) groups excluding carboxylic acids is 1. The summed E-state index contributed by atoms with van der Waals surface area (Å²) in [6, 6.07) is 0. The monoisotopic (exact) mass is 269 g/mol. The van der Waals surface area contributed by atoms with E-state index in [9.17, 15) is 4.79 Å². The number of rotatable bonds is 5. The molecule has 0 bridgehead atoms. The first-order valence-electron chi connectivity index (χ1n) is 6.33. The highest BCUT2D eigenvalue weighted by atomic mass is 35.5. The topological polar surface area (TPSA) is 46.9 Å². The van der Waals surface area contributed by atoms with Gasteiger partial charge in [-0.25, -0.2) is 0 Å². The summed E-state index contributed by atoms with van der Waals surface area (Å²) < 4.78 is 1.75. The van der Waals surface area contributed by atoms with Crippen LogP contribution in [-0.4, -0.2) is 28.1 Å². The van der Waals surface area contributed by atoms with E-state index in [1.54, 1.807) is 4.68 Å². The first-order chi connectivity index (χ1) is 8.49. The summed E-state index contributed by atoms with van der Waals surface area (Å²) in [6.07, 6.45) is 3.33. The molecule has 1 aromatic rings. The molecule has 1 fully saturated rings. The Morgan fingerprint density at radius 1 is 1.50 bits per heavy atom. The molecule has 4 nitrogen and oxygen atoms in total. The van der Waals surface area contributed by atoms with Crippen molar-refractivity contribution in [1.82, 2.24) is 15.1 Å². The summed E-state index contributed by atoms with van der Waals surface area (Å²) in [5.74, 6) is 0.653. The van der Waals surface area contributed by atoms with Crippen molar-refractivity contribution in [3.63, 3.8) is 0 Å². The van der Waals surface area contributed by atoms with Gasteiger partial charge in [0.1, 0.15) is 0 Å². The van der Waals surface area contributed by atoms with Crippen molar-refractivity contribution in [3.05, 3.63) is 17.0 Å². The molecule has 5 heteroatoms. The van der Waals surface area contributed by atoms with Gasteiger partial charge in [0.15, 0.2) is 0 Å². The van der Waals surface area contributed by atoms with Crippen molar-refractivity contribution in [1.29, 1.82) is 0 Å². The van der Waals surface area contributed by atoms with E-state index >= 15 is 0 Å². The SMILES string of the molecule is Cc1nn(C)c(C)c1C(=O)NCC1(CCCl)CC1. The van der Waals surface area contributed by atoms with Gasteiger partial charge in [-0.1, -0.05) is 0 Å². The quantitative estimate of drug-likeness (QED) is 0.833. The van der Waals surface area contributed by atoms with E-state index in [0.29, 0.717) is 11.4 Å². The van der Waals surface area contributed by atoms with Crippen LogP contribution < -0.4 is 5.32 Å². The Labute approximate surface area is 113 Å². The van der Waals surface area contributed by atoms with Crippen molar-refractivity contribution in [2.75, 3.05) is 12.4 Å². The fraction of sp³-hybridized carbons (Fsp3) is 0.692. The standard InChI is InChI=1S/C13H20ClN3O/c1-9-11(10(2)17(3)16-9)12(18)15-8-13(4-5-13)6-7-14/h4-8H2,1-3H3,(H,15,18). The molecule has 0 aromatic carbocycles. The molecule has 100 valence electrons. The minimum Gasteiger partial charge on any atom is -0.351 e. The average Bonchev–Trinajstić information content (AvgIpc) is 3.02. The number of hydrogen-bond acceptors (Lipinski definition) is 2. The number of carbonyl (C=O) groups is 1. The van der Waals surface area contributed by atoms with Crippen LogP contribution in [0.25, 0.3) is 0 Å². The zero-order chi connectivity index (χ0) is 13.3. The molecule has 18 heavy (non-hydrogen) atoms. The maximum absolute atomic E-state index is 12.2. The van der Waals surface area contributed by atoms with Crippen molar-refractivity contribution in [2.45, 2.75) is 33.1 Å². The molecule has 1 heterocycles. The zero-order valence-corrected chi connectivity index (χ0v) is 12.0. The van der Waals surface area contributed by atoms with Crippen LogP contribution in [0.15, 0.2) is 0 Å². The zero-order valence-electron chi connectivity index (χ0n) is 11.2. The van der Waals surface area contributed by atoms with E-state index in [1.165, 1.54) is 12.8 Å². The third-order valence-electron chi connectivity index (χ3n) is 3.94. The summed E-state index contributed by atoms with van der Waals surface area (Å²) in [7, 11) is 1.86. The first kappa shape index (κ1) is 13.4. The number of alkyl halides is 1. The lowest BCUT2D eigenvalue weighted by molar-refractivity contribution is 0.0943. The number of halogens is 1. The Bertz CT molecular complexity index is 463. The van der Waals surface area contributed by atoms with Gasteiger partial charge in [0, 0.05) is 25.2 Å². The highest BCUT2D eigenvalue weighted by Crippen LogP contribution is 2.48. The smallest absolute Gasteiger partial charge is 0.255 e. The summed E-state index contributed by atoms with van der Waals surface area (Å²) in [6.45, 7) is 4.51. The number of nitrogens with zero attached hydrogens (tertiary/aromatic N) is 2. The van der Waals surface area contributed by atoms with Gasteiger partial charge < -0.3 is 5.32 Å². The molecule has 0 atom stereocenters. The number of amides is 1. The summed E-state index contributed by atoms with van der Waals surface area (Å²) in [5.41, 5.74) is 2.67. The fourth-order valence-corrected chi connectivity index (χ4v) is 2.75. The molecule has 0 aliphatic heterocycles. The fourth-order valence-electron chi connectivity index (χ4n) is 2.35. The van der Waals surface area contributed by atoms with Crippen LogP contribution in [0.1, 0.15) is 41.0 Å². The van der Waals surface area contributed by atoms with Crippen molar-refractivity contribution >= 4 is 17.5 Å². The molecule has 1 aromatic heterocycles. The minimum atomic E-state index is -0.0149. The molecule has 1 amide bonds. The van der Waals surface area contributed by atoms with Gasteiger partial charge in [0.2, 0.25) is 0 Å². The Balaban J connectivity index is 2.00. The van der Waals surface area contributed by atoms with Gasteiger partial charge in [-0.2, -0.15) is 5.10 Å².